The van der Waals surface area contributed by atoms with Crippen LogP contribution in [0.15, 0.2) is 54.6 Å². The van der Waals surface area contributed by atoms with E-state index in [0.717, 1.165) is 39.2 Å². The summed E-state index contributed by atoms with van der Waals surface area (Å²) in [7, 11) is 1.66. The number of ether oxygens (including phenoxy) is 1. The molecule has 0 saturated carbocycles. The Balaban J connectivity index is 1.93. The molecule has 0 fully saturated rings. The number of pyridine rings is 1. The molecule has 2 heterocycles. The summed E-state index contributed by atoms with van der Waals surface area (Å²) in [5.41, 5.74) is 3.60. The molecule has 21 heavy (non-hydrogen) atoms. The Morgan fingerprint density at radius 3 is 2.67 bits per heavy atom. The molecule has 0 bridgehead atoms. The van der Waals surface area contributed by atoms with E-state index in [-0.39, 0.29) is 0 Å². The molecule has 0 aliphatic carbocycles. The summed E-state index contributed by atoms with van der Waals surface area (Å²) in [6.07, 6.45) is 0. The first-order valence-electron chi connectivity index (χ1n) is 6.74. The maximum atomic E-state index is 5.38. The Kier molecular flexibility index (Phi) is 2.60. The van der Waals surface area contributed by atoms with Crippen molar-refractivity contribution >= 4 is 21.9 Å². The van der Waals surface area contributed by atoms with Crippen molar-refractivity contribution in [2.45, 2.75) is 0 Å². The van der Waals surface area contributed by atoms with Crippen molar-refractivity contribution in [3.05, 3.63) is 54.6 Å². The molecule has 2 aromatic carbocycles. The summed E-state index contributed by atoms with van der Waals surface area (Å²) in [6, 6.07) is 17.9. The second-order valence-electron chi connectivity index (χ2n) is 4.83. The molecule has 0 amide bonds. The highest BCUT2D eigenvalue weighted by Gasteiger charge is 2.09. The van der Waals surface area contributed by atoms with Gasteiger partial charge in [-0.1, -0.05) is 30.3 Å². The summed E-state index contributed by atoms with van der Waals surface area (Å²) >= 11 is 0. The van der Waals surface area contributed by atoms with Gasteiger partial charge in [0.1, 0.15) is 17.0 Å². The van der Waals surface area contributed by atoms with E-state index in [1.807, 2.05) is 54.6 Å². The Bertz CT molecular complexity index is 910. The number of benzene rings is 2. The lowest BCUT2D eigenvalue weighted by atomic mass is 10.2. The van der Waals surface area contributed by atoms with Crippen LogP contribution >= 0.6 is 0 Å². The first-order valence-corrected chi connectivity index (χ1v) is 6.74. The highest BCUT2D eigenvalue weighted by Crippen LogP contribution is 2.27. The number of nitrogens with zero attached hydrogens (tertiary/aromatic N) is 2. The summed E-state index contributed by atoms with van der Waals surface area (Å²) in [4.78, 5) is 12.6. The topological polar surface area (TPSA) is 50.8 Å². The van der Waals surface area contributed by atoms with Gasteiger partial charge >= 0.3 is 0 Å². The van der Waals surface area contributed by atoms with Crippen LogP contribution in [0.25, 0.3) is 33.5 Å². The fourth-order valence-corrected chi connectivity index (χ4v) is 2.49. The van der Waals surface area contributed by atoms with Gasteiger partial charge in [0.25, 0.3) is 0 Å². The summed E-state index contributed by atoms with van der Waals surface area (Å²) < 4.78 is 5.38. The van der Waals surface area contributed by atoms with Gasteiger partial charge in [-0.25, -0.2) is 9.97 Å². The van der Waals surface area contributed by atoms with Gasteiger partial charge < -0.3 is 9.72 Å². The monoisotopic (exact) mass is 275 g/mol. The van der Waals surface area contributed by atoms with Crippen molar-refractivity contribution < 1.29 is 4.74 Å². The minimum atomic E-state index is 0.768. The summed E-state index contributed by atoms with van der Waals surface area (Å²) in [5.74, 6) is 1.54. The lowest BCUT2D eigenvalue weighted by Crippen LogP contribution is -1.90. The minimum Gasteiger partial charge on any atom is -0.494 e. The van der Waals surface area contributed by atoms with E-state index in [4.69, 9.17) is 9.72 Å². The third-order valence-corrected chi connectivity index (χ3v) is 3.54. The number of rotatable bonds is 2. The molecule has 1 N–H and O–H groups in total. The first kappa shape index (κ1) is 11.9. The zero-order chi connectivity index (χ0) is 14.2. The van der Waals surface area contributed by atoms with Crippen LogP contribution in [0.2, 0.25) is 0 Å². The fourth-order valence-electron chi connectivity index (χ4n) is 2.49. The highest BCUT2D eigenvalue weighted by atomic mass is 16.5. The molecule has 102 valence electrons. The predicted molar refractivity (Wildman–Crippen MR) is 83.4 cm³/mol. The number of nitrogens with one attached hydrogen (secondary N) is 1. The normalized spacial score (nSPS) is 11.1. The SMILES string of the molecule is COc1cccc2ccc(-c3nc4ccccc4[nH]3)nc12. The van der Waals surface area contributed by atoms with Gasteiger partial charge in [0.2, 0.25) is 0 Å². The maximum absolute atomic E-state index is 5.38. The Morgan fingerprint density at radius 1 is 0.905 bits per heavy atom. The molecule has 2 aromatic heterocycles. The zero-order valence-electron chi connectivity index (χ0n) is 11.5. The summed E-state index contributed by atoms with van der Waals surface area (Å²) in [5, 5.41) is 1.05. The standard InChI is InChI=1S/C17H13N3O/c1-21-15-8-4-5-11-9-10-14(18-16(11)15)17-19-12-6-2-3-7-13(12)20-17/h2-10H,1H3,(H,19,20). The van der Waals surface area contributed by atoms with Crippen LogP contribution in [-0.2, 0) is 0 Å². The smallest absolute Gasteiger partial charge is 0.157 e. The Hall–Kier alpha value is -2.88. The van der Waals surface area contributed by atoms with Crippen molar-refractivity contribution in [1.29, 1.82) is 0 Å². The van der Waals surface area contributed by atoms with Gasteiger partial charge in [-0.3, -0.25) is 0 Å². The molecular formula is C17H13N3O. The molecule has 0 aliphatic rings. The number of H-pyrrole nitrogens is 1. The van der Waals surface area contributed by atoms with Crippen molar-refractivity contribution in [3.63, 3.8) is 0 Å². The molecule has 4 nitrogen and oxygen atoms in total. The number of aromatic nitrogens is 3. The second-order valence-corrected chi connectivity index (χ2v) is 4.83. The van der Waals surface area contributed by atoms with Gasteiger partial charge in [-0.05, 0) is 24.3 Å². The number of para-hydroxylation sites is 3. The van der Waals surface area contributed by atoms with E-state index in [1.54, 1.807) is 7.11 Å². The van der Waals surface area contributed by atoms with E-state index in [1.165, 1.54) is 0 Å². The number of hydrogen-bond donors (Lipinski definition) is 1. The van der Waals surface area contributed by atoms with Crippen LogP contribution in [0.4, 0.5) is 0 Å². The van der Waals surface area contributed by atoms with Crippen LogP contribution in [0.1, 0.15) is 0 Å². The number of hydrogen-bond acceptors (Lipinski definition) is 3. The average molecular weight is 275 g/mol. The Labute approximate surface area is 121 Å². The largest absolute Gasteiger partial charge is 0.494 e. The van der Waals surface area contributed by atoms with Crippen LogP contribution in [0, 0.1) is 0 Å². The average Bonchev–Trinajstić information content (AvgIpc) is 2.97. The van der Waals surface area contributed by atoms with Crippen molar-refractivity contribution in [1.82, 2.24) is 15.0 Å². The van der Waals surface area contributed by atoms with Crippen LogP contribution in [-0.4, -0.2) is 22.1 Å². The molecule has 4 rings (SSSR count). The number of fused-ring (bicyclic) bond motifs is 2. The molecular weight excluding hydrogens is 262 g/mol. The van der Waals surface area contributed by atoms with Crippen LogP contribution in [0.3, 0.4) is 0 Å². The van der Waals surface area contributed by atoms with Gasteiger partial charge in [0.05, 0.1) is 18.1 Å². The zero-order valence-corrected chi connectivity index (χ0v) is 11.5. The van der Waals surface area contributed by atoms with Crippen molar-refractivity contribution in [2.24, 2.45) is 0 Å². The van der Waals surface area contributed by atoms with Crippen molar-refractivity contribution in [3.8, 4) is 17.3 Å². The molecule has 0 aliphatic heterocycles. The first-order chi connectivity index (χ1) is 10.3. The second kappa shape index (κ2) is 4.59. The molecule has 4 aromatic rings. The summed E-state index contributed by atoms with van der Waals surface area (Å²) in [6.45, 7) is 0. The molecule has 0 unspecified atom stereocenters. The minimum absolute atomic E-state index is 0.768. The number of aromatic amines is 1. The number of imidazole rings is 1. The molecule has 0 radical (unpaired) electrons. The van der Waals surface area contributed by atoms with E-state index in [0.29, 0.717) is 0 Å². The van der Waals surface area contributed by atoms with E-state index in [2.05, 4.69) is 9.97 Å². The maximum Gasteiger partial charge on any atom is 0.157 e. The highest BCUT2D eigenvalue weighted by molar-refractivity contribution is 5.87. The third-order valence-electron chi connectivity index (χ3n) is 3.54. The fraction of sp³-hybridized carbons (Fsp3) is 0.0588. The van der Waals surface area contributed by atoms with E-state index in [9.17, 15) is 0 Å². The Morgan fingerprint density at radius 2 is 1.81 bits per heavy atom. The van der Waals surface area contributed by atoms with Crippen LogP contribution < -0.4 is 4.74 Å². The lowest BCUT2D eigenvalue weighted by molar-refractivity contribution is 0.419. The van der Waals surface area contributed by atoms with Gasteiger partial charge in [0.15, 0.2) is 5.82 Å². The van der Waals surface area contributed by atoms with Gasteiger partial charge in [-0.15, -0.1) is 0 Å². The lowest BCUT2D eigenvalue weighted by Gasteiger charge is -2.05. The molecule has 0 saturated heterocycles. The molecule has 0 spiro atoms. The molecule has 4 heteroatoms. The van der Waals surface area contributed by atoms with Crippen LogP contribution in [0.5, 0.6) is 5.75 Å². The quantitative estimate of drug-likeness (QED) is 0.605. The van der Waals surface area contributed by atoms with Crippen molar-refractivity contribution in [2.75, 3.05) is 7.11 Å². The van der Waals surface area contributed by atoms with Gasteiger partial charge in [-0.2, -0.15) is 0 Å². The third kappa shape index (κ3) is 1.92. The van der Waals surface area contributed by atoms with E-state index < -0.39 is 0 Å². The van der Waals surface area contributed by atoms with Gasteiger partial charge in [0, 0.05) is 5.39 Å². The number of methoxy groups -OCH3 is 1. The van der Waals surface area contributed by atoms with E-state index >= 15 is 0 Å². The molecule has 0 atom stereocenters. The predicted octanol–water partition coefficient (Wildman–Crippen LogP) is 3.79.